The Morgan fingerprint density at radius 1 is 1.08 bits per heavy atom. The molecule has 1 aromatic heterocycles. The van der Waals surface area contributed by atoms with Crippen LogP contribution in [0, 0.1) is 6.92 Å². The maximum absolute atomic E-state index is 12.0. The van der Waals surface area contributed by atoms with Gasteiger partial charge >= 0.3 is 11.4 Å². The van der Waals surface area contributed by atoms with Gasteiger partial charge in [-0.3, -0.25) is 4.57 Å². The molecule has 25 heavy (non-hydrogen) atoms. The first-order valence-electron chi connectivity index (χ1n) is 8.07. The van der Waals surface area contributed by atoms with E-state index in [9.17, 15) is 9.59 Å². The molecular formula is C19H18BrNO4. The van der Waals surface area contributed by atoms with E-state index >= 15 is 0 Å². The van der Waals surface area contributed by atoms with Crippen molar-refractivity contribution >= 4 is 26.8 Å². The summed E-state index contributed by atoms with van der Waals surface area (Å²) in [5.41, 5.74) is 0.979. The fourth-order valence-electron chi connectivity index (χ4n) is 2.64. The van der Waals surface area contributed by atoms with E-state index in [1.165, 1.54) is 4.57 Å². The Morgan fingerprint density at radius 2 is 1.84 bits per heavy atom. The number of aromatic nitrogens is 1. The SMILES string of the molecule is Cc1ccc2c(c1)c(=O)oc(=O)n2CCCCOc1ccc(Br)cc1. The van der Waals surface area contributed by atoms with E-state index in [4.69, 9.17) is 9.15 Å². The highest BCUT2D eigenvalue weighted by Crippen LogP contribution is 2.16. The highest BCUT2D eigenvalue weighted by molar-refractivity contribution is 9.10. The molecule has 0 aliphatic carbocycles. The minimum absolute atomic E-state index is 0.436. The molecule has 0 fully saturated rings. The van der Waals surface area contributed by atoms with Crippen molar-refractivity contribution in [2.45, 2.75) is 26.3 Å². The maximum atomic E-state index is 12.0. The van der Waals surface area contributed by atoms with Crippen LogP contribution in [-0.4, -0.2) is 11.2 Å². The van der Waals surface area contributed by atoms with E-state index in [-0.39, 0.29) is 0 Å². The zero-order valence-electron chi connectivity index (χ0n) is 13.8. The number of nitrogens with zero attached hydrogens (tertiary/aromatic N) is 1. The smallest absolute Gasteiger partial charge is 0.422 e. The van der Waals surface area contributed by atoms with E-state index in [2.05, 4.69) is 15.9 Å². The predicted octanol–water partition coefficient (Wildman–Crippen LogP) is 3.88. The zero-order chi connectivity index (χ0) is 17.8. The molecule has 0 unspecified atom stereocenters. The lowest BCUT2D eigenvalue weighted by Crippen LogP contribution is -2.25. The Kier molecular flexibility index (Phi) is 5.38. The summed E-state index contributed by atoms with van der Waals surface area (Å²) >= 11 is 3.38. The highest BCUT2D eigenvalue weighted by atomic mass is 79.9. The third-order valence-electron chi connectivity index (χ3n) is 3.92. The van der Waals surface area contributed by atoms with Gasteiger partial charge in [0.05, 0.1) is 17.5 Å². The summed E-state index contributed by atoms with van der Waals surface area (Å²) in [5, 5.41) is 0.436. The normalized spacial score (nSPS) is 11.0. The number of rotatable bonds is 6. The quantitative estimate of drug-likeness (QED) is 0.585. The Labute approximate surface area is 153 Å². The van der Waals surface area contributed by atoms with Crippen LogP contribution >= 0.6 is 15.9 Å². The first kappa shape index (κ1) is 17.5. The van der Waals surface area contributed by atoms with E-state index in [0.717, 1.165) is 28.6 Å². The largest absolute Gasteiger partial charge is 0.494 e. The van der Waals surface area contributed by atoms with Gasteiger partial charge in [-0.05, 0) is 56.2 Å². The van der Waals surface area contributed by atoms with Gasteiger partial charge in [0.1, 0.15) is 5.75 Å². The third-order valence-corrected chi connectivity index (χ3v) is 4.45. The molecule has 3 aromatic rings. The van der Waals surface area contributed by atoms with Crippen LogP contribution in [0.4, 0.5) is 0 Å². The van der Waals surface area contributed by atoms with Gasteiger partial charge in [-0.25, -0.2) is 9.59 Å². The molecule has 0 bridgehead atoms. The summed E-state index contributed by atoms with van der Waals surface area (Å²) in [6.45, 7) is 2.93. The monoisotopic (exact) mass is 403 g/mol. The number of fused-ring (bicyclic) bond motifs is 1. The summed E-state index contributed by atoms with van der Waals surface area (Å²) < 4.78 is 13.0. The molecule has 130 valence electrons. The Bertz CT molecular complexity index is 989. The zero-order valence-corrected chi connectivity index (χ0v) is 15.4. The molecule has 5 nitrogen and oxygen atoms in total. The van der Waals surface area contributed by atoms with Crippen LogP contribution in [0.25, 0.3) is 10.9 Å². The van der Waals surface area contributed by atoms with E-state index < -0.39 is 11.4 Å². The molecule has 0 amide bonds. The van der Waals surface area contributed by atoms with Crippen molar-refractivity contribution in [1.82, 2.24) is 4.57 Å². The lowest BCUT2D eigenvalue weighted by Gasteiger charge is -2.09. The van der Waals surface area contributed by atoms with Crippen molar-refractivity contribution in [3.8, 4) is 5.75 Å². The number of hydrogen-bond acceptors (Lipinski definition) is 4. The van der Waals surface area contributed by atoms with E-state index in [1.54, 1.807) is 12.1 Å². The van der Waals surface area contributed by atoms with Crippen molar-refractivity contribution in [2.75, 3.05) is 6.61 Å². The van der Waals surface area contributed by atoms with Gasteiger partial charge in [-0.1, -0.05) is 27.6 Å². The number of unbranched alkanes of at least 4 members (excludes halogenated alkanes) is 1. The van der Waals surface area contributed by atoms with Crippen LogP contribution in [-0.2, 0) is 6.54 Å². The van der Waals surface area contributed by atoms with Crippen molar-refractivity contribution in [2.24, 2.45) is 0 Å². The lowest BCUT2D eigenvalue weighted by atomic mass is 10.1. The highest BCUT2D eigenvalue weighted by Gasteiger charge is 2.09. The van der Waals surface area contributed by atoms with Crippen LogP contribution in [0.3, 0.4) is 0 Å². The molecule has 1 heterocycles. The minimum Gasteiger partial charge on any atom is -0.494 e. The van der Waals surface area contributed by atoms with Gasteiger partial charge in [-0.2, -0.15) is 0 Å². The van der Waals surface area contributed by atoms with Gasteiger partial charge < -0.3 is 9.15 Å². The van der Waals surface area contributed by atoms with Crippen molar-refractivity contribution in [1.29, 1.82) is 0 Å². The summed E-state index contributed by atoms with van der Waals surface area (Å²) in [6.07, 6.45) is 1.53. The average Bonchev–Trinajstić information content (AvgIpc) is 2.59. The lowest BCUT2D eigenvalue weighted by molar-refractivity contribution is 0.301. The molecule has 2 aromatic carbocycles. The average molecular weight is 404 g/mol. The molecule has 0 aliphatic heterocycles. The summed E-state index contributed by atoms with van der Waals surface area (Å²) in [7, 11) is 0. The molecule has 0 saturated carbocycles. The predicted molar refractivity (Wildman–Crippen MR) is 100 cm³/mol. The molecule has 6 heteroatoms. The molecular weight excluding hydrogens is 386 g/mol. The van der Waals surface area contributed by atoms with Crippen LogP contribution in [0.15, 0.2) is 60.9 Å². The third kappa shape index (κ3) is 4.20. The summed E-state index contributed by atoms with van der Waals surface area (Å²) in [6, 6.07) is 13.1. The number of aryl methyl sites for hydroxylation is 2. The number of halogens is 1. The molecule has 0 saturated heterocycles. The Hall–Kier alpha value is -2.34. The summed E-state index contributed by atoms with van der Waals surface area (Å²) in [5.74, 6) is 0.196. The first-order chi connectivity index (χ1) is 12.0. The van der Waals surface area contributed by atoms with Crippen LogP contribution in [0.5, 0.6) is 5.75 Å². The second-order valence-corrected chi connectivity index (χ2v) is 6.75. The van der Waals surface area contributed by atoms with Gasteiger partial charge in [0, 0.05) is 11.0 Å². The van der Waals surface area contributed by atoms with Gasteiger partial charge in [-0.15, -0.1) is 0 Å². The fraction of sp³-hybridized carbons (Fsp3) is 0.263. The Balaban J connectivity index is 1.64. The number of ether oxygens (including phenoxy) is 1. The maximum Gasteiger partial charge on any atom is 0.422 e. The second kappa shape index (κ2) is 7.70. The molecule has 0 aliphatic rings. The van der Waals surface area contributed by atoms with Crippen LogP contribution in [0.2, 0.25) is 0 Å². The number of hydrogen-bond donors (Lipinski definition) is 0. The standard InChI is InChI=1S/C19H18BrNO4/c1-13-4-9-17-16(12-13)18(22)25-19(23)21(17)10-2-3-11-24-15-7-5-14(20)6-8-15/h4-9,12H,2-3,10-11H2,1H3. The first-order valence-corrected chi connectivity index (χ1v) is 8.86. The second-order valence-electron chi connectivity index (χ2n) is 5.84. The van der Waals surface area contributed by atoms with E-state index in [0.29, 0.717) is 24.1 Å². The molecule has 3 rings (SSSR count). The van der Waals surface area contributed by atoms with Crippen LogP contribution in [0.1, 0.15) is 18.4 Å². The van der Waals surface area contributed by atoms with Gasteiger partial charge in [0.15, 0.2) is 0 Å². The summed E-state index contributed by atoms with van der Waals surface area (Å²) in [4.78, 5) is 23.9. The molecule has 0 atom stereocenters. The van der Waals surface area contributed by atoms with E-state index in [1.807, 2.05) is 37.3 Å². The fourth-order valence-corrected chi connectivity index (χ4v) is 2.91. The molecule has 0 radical (unpaired) electrons. The topological polar surface area (TPSA) is 61.4 Å². The van der Waals surface area contributed by atoms with Crippen molar-refractivity contribution in [3.05, 3.63) is 73.5 Å². The minimum atomic E-state index is -0.616. The number of benzene rings is 2. The van der Waals surface area contributed by atoms with Crippen LogP contribution < -0.4 is 16.1 Å². The van der Waals surface area contributed by atoms with Gasteiger partial charge in [0.2, 0.25) is 0 Å². The van der Waals surface area contributed by atoms with Crippen molar-refractivity contribution < 1.29 is 9.15 Å². The molecule has 0 spiro atoms. The Morgan fingerprint density at radius 3 is 2.60 bits per heavy atom. The van der Waals surface area contributed by atoms with Crippen molar-refractivity contribution in [3.63, 3.8) is 0 Å². The van der Waals surface area contributed by atoms with Gasteiger partial charge in [0.25, 0.3) is 0 Å². The molecule has 0 N–H and O–H groups in total.